The zero-order chi connectivity index (χ0) is 18.7. The van der Waals surface area contributed by atoms with Crippen molar-refractivity contribution in [3.63, 3.8) is 0 Å². The number of ether oxygens (including phenoxy) is 1. The second-order valence-electron chi connectivity index (χ2n) is 8.78. The molecule has 0 radical (unpaired) electrons. The molecule has 0 amide bonds. The monoisotopic (exact) mass is 365 g/mol. The number of hydrogen-bond acceptors (Lipinski definition) is 5. The summed E-state index contributed by atoms with van der Waals surface area (Å²) in [5, 5.41) is 4.51. The first-order chi connectivity index (χ1) is 12.2. The number of piperidine rings is 1. The smallest absolute Gasteiger partial charge is 0.399 e. The molecular formula is C18H29BFN3O3. The van der Waals surface area contributed by atoms with Gasteiger partial charge in [-0.2, -0.15) is 5.10 Å². The van der Waals surface area contributed by atoms with Crippen LogP contribution in [0, 0.1) is 6.92 Å². The van der Waals surface area contributed by atoms with Gasteiger partial charge in [0.15, 0.2) is 0 Å². The standard InChI is InChI=1S/C18H29BFN3O3/c1-12-14(19-25-17(2,3)18(4,5)26-19)8-21-23(12)16-6-7-22(9-15(16)20)13-10-24-11-13/h8,13,15-16H,6-7,9-11H2,1-5H3/t15-,16-/m0/s1. The van der Waals surface area contributed by atoms with Gasteiger partial charge in [-0.1, -0.05) is 0 Å². The molecule has 3 saturated heterocycles. The van der Waals surface area contributed by atoms with E-state index in [2.05, 4.69) is 10.00 Å². The van der Waals surface area contributed by atoms with Gasteiger partial charge in [-0.05, 0) is 41.0 Å². The highest BCUT2D eigenvalue weighted by atomic mass is 19.1. The topological polar surface area (TPSA) is 48.8 Å². The summed E-state index contributed by atoms with van der Waals surface area (Å²) in [4.78, 5) is 2.21. The zero-order valence-electron chi connectivity index (χ0n) is 16.4. The van der Waals surface area contributed by atoms with Crippen molar-refractivity contribution < 1.29 is 18.4 Å². The first-order valence-electron chi connectivity index (χ1n) is 9.55. The number of likely N-dealkylation sites (tertiary alicyclic amines) is 1. The van der Waals surface area contributed by atoms with Crippen LogP contribution in [-0.4, -0.2) is 71.5 Å². The van der Waals surface area contributed by atoms with Crippen molar-refractivity contribution in [2.75, 3.05) is 26.3 Å². The van der Waals surface area contributed by atoms with Crippen LogP contribution >= 0.6 is 0 Å². The summed E-state index contributed by atoms with van der Waals surface area (Å²) in [6, 6.07) is 0.150. The van der Waals surface area contributed by atoms with Crippen LogP contribution in [0.15, 0.2) is 6.20 Å². The van der Waals surface area contributed by atoms with Gasteiger partial charge in [0.1, 0.15) is 6.17 Å². The maximum absolute atomic E-state index is 14.9. The highest BCUT2D eigenvalue weighted by molar-refractivity contribution is 6.62. The van der Waals surface area contributed by atoms with Crippen molar-refractivity contribution in [3.05, 3.63) is 11.9 Å². The van der Waals surface area contributed by atoms with E-state index in [4.69, 9.17) is 14.0 Å². The van der Waals surface area contributed by atoms with E-state index in [1.807, 2.05) is 39.3 Å². The van der Waals surface area contributed by atoms with Gasteiger partial charge < -0.3 is 14.0 Å². The molecule has 3 fully saturated rings. The normalized spacial score (nSPS) is 32.0. The fraction of sp³-hybridized carbons (Fsp3) is 0.833. The molecule has 4 rings (SSSR count). The largest absolute Gasteiger partial charge is 0.498 e. The fourth-order valence-corrected chi connectivity index (χ4v) is 3.93. The number of nitrogens with zero attached hydrogens (tertiary/aromatic N) is 3. The Morgan fingerprint density at radius 2 is 1.85 bits per heavy atom. The maximum Gasteiger partial charge on any atom is 0.498 e. The molecule has 26 heavy (non-hydrogen) atoms. The minimum atomic E-state index is -0.936. The van der Waals surface area contributed by atoms with Gasteiger partial charge in [0.2, 0.25) is 0 Å². The maximum atomic E-state index is 14.9. The first kappa shape index (κ1) is 18.4. The van der Waals surface area contributed by atoms with E-state index in [1.165, 1.54) is 0 Å². The van der Waals surface area contributed by atoms with E-state index in [0.717, 1.165) is 37.3 Å². The van der Waals surface area contributed by atoms with Crippen molar-refractivity contribution in [1.29, 1.82) is 0 Å². The van der Waals surface area contributed by atoms with Crippen LogP contribution in [0.5, 0.6) is 0 Å². The summed E-state index contributed by atoms with van der Waals surface area (Å²) >= 11 is 0. The van der Waals surface area contributed by atoms with Crippen LogP contribution < -0.4 is 5.46 Å². The summed E-state index contributed by atoms with van der Waals surface area (Å²) < 4.78 is 34.3. The molecule has 0 aromatic carbocycles. The lowest BCUT2D eigenvalue weighted by atomic mass is 9.79. The number of alkyl halides is 1. The number of rotatable bonds is 3. The van der Waals surface area contributed by atoms with Crippen LogP contribution in [0.1, 0.15) is 45.9 Å². The molecule has 8 heteroatoms. The molecule has 0 aliphatic carbocycles. The third-order valence-electron chi connectivity index (χ3n) is 6.58. The quantitative estimate of drug-likeness (QED) is 0.760. The van der Waals surface area contributed by atoms with E-state index in [1.54, 1.807) is 6.20 Å². The van der Waals surface area contributed by atoms with Crippen LogP contribution in [0.2, 0.25) is 0 Å². The Morgan fingerprint density at radius 1 is 1.19 bits per heavy atom. The molecule has 144 valence electrons. The molecule has 0 bridgehead atoms. The van der Waals surface area contributed by atoms with E-state index < -0.39 is 24.5 Å². The van der Waals surface area contributed by atoms with Crippen LogP contribution in [0.25, 0.3) is 0 Å². The molecule has 0 saturated carbocycles. The summed E-state index contributed by atoms with van der Waals surface area (Å²) in [5.41, 5.74) is 1.03. The summed E-state index contributed by atoms with van der Waals surface area (Å²) in [6.07, 6.45) is 1.59. The molecule has 2 atom stereocenters. The summed E-state index contributed by atoms with van der Waals surface area (Å²) in [5.74, 6) is 0. The predicted molar refractivity (Wildman–Crippen MR) is 97.4 cm³/mol. The van der Waals surface area contributed by atoms with E-state index in [9.17, 15) is 4.39 Å². The molecule has 0 N–H and O–H groups in total. The number of hydrogen-bond donors (Lipinski definition) is 0. The van der Waals surface area contributed by atoms with Gasteiger partial charge in [0.05, 0.1) is 36.5 Å². The van der Waals surface area contributed by atoms with Crippen molar-refractivity contribution in [2.24, 2.45) is 0 Å². The molecule has 6 nitrogen and oxygen atoms in total. The molecular weight excluding hydrogens is 336 g/mol. The van der Waals surface area contributed by atoms with Crippen molar-refractivity contribution in [2.45, 2.75) is 70.5 Å². The van der Waals surface area contributed by atoms with Gasteiger partial charge in [0.25, 0.3) is 0 Å². The highest BCUT2D eigenvalue weighted by Gasteiger charge is 2.52. The number of aromatic nitrogens is 2. The van der Waals surface area contributed by atoms with Crippen molar-refractivity contribution >= 4 is 12.6 Å². The first-order valence-corrected chi connectivity index (χ1v) is 9.55. The zero-order valence-corrected chi connectivity index (χ0v) is 16.4. The predicted octanol–water partition coefficient (Wildman–Crippen LogP) is 1.47. The van der Waals surface area contributed by atoms with Crippen molar-refractivity contribution in [3.8, 4) is 0 Å². The Labute approximate surface area is 155 Å². The lowest BCUT2D eigenvalue weighted by Crippen LogP contribution is -2.55. The third-order valence-corrected chi connectivity index (χ3v) is 6.58. The molecule has 4 heterocycles. The van der Waals surface area contributed by atoms with Gasteiger partial charge in [0, 0.05) is 30.4 Å². The number of halogens is 1. The second-order valence-corrected chi connectivity index (χ2v) is 8.78. The lowest BCUT2D eigenvalue weighted by Gasteiger charge is -2.42. The molecule has 3 aliphatic heterocycles. The van der Waals surface area contributed by atoms with Gasteiger partial charge in [-0.25, -0.2) is 4.39 Å². The van der Waals surface area contributed by atoms with Crippen molar-refractivity contribution in [1.82, 2.24) is 14.7 Å². The SMILES string of the molecule is Cc1c(B2OC(C)(C)C(C)(C)O2)cnn1[C@H]1CCN(C2COC2)C[C@@H]1F. The van der Waals surface area contributed by atoms with Gasteiger partial charge in [-0.3, -0.25) is 9.58 Å². The van der Waals surface area contributed by atoms with E-state index in [-0.39, 0.29) is 6.04 Å². The van der Waals surface area contributed by atoms with Crippen LogP contribution in [0.3, 0.4) is 0 Å². The van der Waals surface area contributed by atoms with E-state index in [0.29, 0.717) is 12.6 Å². The Morgan fingerprint density at radius 3 is 2.38 bits per heavy atom. The van der Waals surface area contributed by atoms with Crippen LogP contribution in [0.4, 0.5) is 4.39 Å². The molecule has 1 aromatic rings. The fourth-order valence-electron chi connectivity index (χ4n) is 3.93. The molecule has 0 unspecified atom stereocenters. The van der Waals surface area contributed by atoms with Gasteiger partial charge in [-0.15, -0.1) is 0 Å². The molecule has 3 aliphatic rings. The average molecular weight is 365 g/mol. The minimum absolute atomic E-state index is 0.233. The Kier molecular flexibility index (Phi) is 4.46. The Bertz CT molecular complexity index is 661. The highest BCUT2D eigenvalue weighted by Crippen LogP contribution is 2.37. The summed E-state index contributed by atoms with van der Waals surface area (Å²) in [6.45, 7) is 12.9. The minimum Gasteiger partial charge on any atom is -0.399 e. The second kappa shape index (κ2) is 6.29. The Balaban J connectivity index is 1.49. The molecule has 0 spiro atoms. The van der Waals surface area contributed by atoms with Gasteiger partial charge >= 0.3 is 7.12 Å². The third kappa shape index (κ3) is 2.91. The molecule has 1 aromatic heterocycles. The van der Waals surface area contributed by atoms with E-state index >= 15 is 0 Å². The lowest BCUT2D eigenvalue weighted by molar-refractivity contribution is -0.0848. The van der Waals surface area contributed by atoms with Crippen LogP contribution in [-0.2, 0) is 14.0 Å². The summed E-state index contributed by atoms with van der Waals surface area (Å²) in [7, 11) is -0.459. The Hall–Kier alpha value is -0.955. The average Bonchev–Trinajstić information content (AvgIpc) is 2.95.